The molecule has 2 bridgehead atoms. The van der Waals surface area contributed by atoms with Crippen molar-refractivity contribution < 1.29 is 24.4 Å². The lowest BCUT2D eigenvalue weighted by molar-refractivity contribution is -0.389. The van der Waals surface area contributed by atoms with Crippen LogP contribution >= 0.6 is 0 Å². The second-order valence-electron chi connectivity index (χ2n) is 5.38. The molecular weight excluding hydrogens is 308 g/mol. The third-order valence-electron chi connectivity index (χ3n) is 3.96. The molecule has 0 saturated carbocycles. The summed E-state index contributed by atoms with van der Waals surface area (Å²) in [6.07, 6.45) is 0.164. The number of aromatic nitrogens is 1. The Hall–Kier alpha value is -2.75. The normalized spacial score (nSPS) is 24.3. The lowest BCUT2D eigenvalue weighted by atomic mass is 10.1. The summed E-state index contributed by atoms with van der Waals surface area (Å²) in [5.74, 6) is -0.574. The molecular formula is C13H14N4O6. The molecule has 0 aliphatic carbocycles. The first-order chi connectivity index (χ1) is 11.0. The molecule has 10 nitrogen and oxygen atoms in total. The van der Waals surface area contributed by atoms with Gasteiger partial charge in [-0.1, -0.05) is 0 Å². The summed E-state index contributed by atoms with van der Waals surface area (Å²) in [4.78, 5) is 40.3. The fourth-order valence-corrected chi connectivity index (χ4v) is 2.93. The van der Waals surface area contributed by atoms with Crippen LogP contribution in [-0.2, 0) is 9.53 Å². The molecule has 0 radical (unpaired) electrons. The third kappa shape index (κ3) is 2.80. The number of nitro groups is 1. The number of nitrogens with zero attached hydrogens (tertiary/aromatic N) is 4. The molecule has 1 aromatic rings. The Balaban J connectivity index is 1.89. The summed E-state index contributed by atoms with van der Waals surface area (Å²) in [6, 6.07) is 1.65. The van der Waals surface area contributed by atoms with Crippen molar-refractivity contribution in [3.05, 3.63) is 28.4 Å². The Bertz CT molecular complexity index is 648. The van der Waals surface area contributed by atoms with Crippen molar-refractivity contribution in [2.75, 3.05) is 24.7 Å². The van der Waals surface area contributed by atoms with Crippen LogP contribution in [0.3, 0.4) is 0 Å². The smallest absolute Gasteiger partial charge is 0.408 e. The first kappa shape index (κ1) is 15.2. The van der Waals surface area contributed by atoms with Crippen molar-refractivity contribution in [3.8, 4) is 0 Å². The number of fused-ring (bicyclic) bond motifs is 2. The Morgan fingerprint density at radius 1 is 1.39 bits per heavy atom. The average Bonchev–Trinajstić information content (AvgIpc) is 2.59. The van der Waals surface area contributed by atoms with Gasteiger partial charge in [-0.25, -0.2) is 4.79 Å². The van der Waals surface area contributed by atoms with Gasteiger partial charge in [0.25, 0.3) is 0 Å². The summed E-state index contributed by atoms with van der Waals surface area (Å²) >= 11 is 0. The number of pyridine rings is 1. The molecule has 2 amide bonds. The quantitative estimate of drug-likeness (QED) is 0.619. The van der Waals surface area contributed by atoms with Crippen LogP contribution in [0.2, 0.25) is 0 Å². The molecule has 2 aliphatic heterocycles. The first-order valence-electron chi connectivity index (χ1n) is 6.97. The Morgan fingerprint density at radius 3 is 2.74 bits per heavy atom. The van der Waals surface area contributed by atoms with E-state index in [0.29, 0.717) is 5.69 Å². The zero-order valence-electron chi connectivity index (χ0n) is 12.0. The lowest BCUT2D eigenvalue weighted by Crippen LogP contribution is -2.55. The van der Waals surface area contributed by atoms with E-state index < -0.39 is 23.1 Å². The maximum atomic E-state index is 12.4. The molecule has 1 aromatic heterocycles. The molecule has 1 N–H and O–H groups in total. The van der Waals surface area contributed by atoms with Gasteiger partial charge < -0.3 is 24.9 Å². The van der Waals surface area contributed by atoms with Gasteiger partial charge in [-0.05, 0) is 16.0 Å². The highest BCUT2D eigenvalue weighted by Crippen LogP contribution is 2.26. The van der Waals surface area contributed by atoms with Crippen molar-refractivity contribution in [2.24, 2.45) is 0 Å². The Morgan fingerprint density at radius 2 is 2.13 bits per heavy atom. The highest BCUT2D eigenvalue weighted by molar-refractivity contribution is 5.94. The van der Waals surface area contributed by atoms with Crippen LogP contribution < -0.4 is 4.90 Å². The summed E-state index contributed by atoms with van der Waals surface area (Å²) in [5, 5.41) is 20.0. The van der Waals surface area contributed by atoms with E-state index in [4.69, 9.17) is 4.74 Å². The van der Waals surface area contributed by atoms with Crippen molar-refractivity contribution in [2.45, 2.75) is 18.5 Å². The number of carboxylic acid groups (broad SMARTS) is 1. The number of carbonyl (C=O) groups excluding carboxylic acids is 1. The van der Waals surface area contributed by atoms with Crippen LogP contribution in [0.5, 0.6) is 0 Å². The summed E-state index contributed by atoms with van der Waals surface area (Å²) in [5.41, 5.74) is 0.401. The van der Waals surface area contributed by atoms with Gasteiger partial charge in [0.05, 0.1) is 31.0 Å². The fourth-order valence-electron chi connectivity index (χ4n) is 2.93. The molecule has 2 aliphatic rings. The number of anilines is 1. The Kier molecular flexibility index (Phi) is 3.82. The molecule has 0 aromatic carbocycles. The van der Waals surface area contributed by atoms with Crippen molar-refractivity contribution in [3.63, 3.8) is 0 Å². The number of rotatable bonds is 2. The van der Waals surface area contributed by atoms with Gasteiger partial charge in [-0.3, -0.25) is 9.69 Å². The molecule has 122 valence electrons. The van der Waals surface area contributed by atoms with Gasteiger partial charge in [-0.15, -0.1) is 0 Å². The summed E-state index contributed by atoms with van der Waals surface area (Å²) in [6.45, 7) is 0.509. The lowest BCUT2D eigenvalue weighted by Gasteiger charge is -2.37. The number of carbonyl (C=O) groups is 2. The van der Waals surface area contributed by atoms with Crippen LogP contribution in [0.25, 0.3) is 0 Å². The topological polar surface area (TPSA) is 126 Å². The van der Waals surface area contributed by atoms with Gasteiger partial charge in [0.2, 0.25) is 5.91 Å². The predicted molar refractivity (Wildman–Crippen MR) is 76.1 cm³/mol. The van der Waals surface area contributed by atoms with Crippen LogP contribution in [0, 0.1) is 10.1 Å². The zero-order valence-corrected chi connectivity index (χ0v) is 12.0. The number of hydrogen-bond acceptors (Lipinski definition) is 6. The predicted octanol–water partition coefficient (Wildman–Crippen LogP) is 0.474. The van der Waals surface area contributed by atoms with Crippen molar-refractivity contribution in [1.29, 1.82) is 0 Å². The molecule has 2 saturated heterocycles. The molecule has 2 atom stereocenters. The summed E-state index contributed by atoms with van der Waals surface area (Å²) < 4.78 is 5.39. The maximum Gasteiger partial charge on any atom is 0.408 e. The fraction of sp³-hybridized carbons (Fsp3) is 0.462. The van der Waals surface area contributed by atoms with E-state index in [9.17, 15) is 24.8 Å². The molecule has 3 rings (SSSR count). The van der Waals surface area contributed by atoms with Crippen molar-refractivity contribution in [1.82, 2.24) is 9.88 Å². The first-order valence-corrected chi connectivity index (χ1v) is 6.97. The monoisotopic (exact) mass is 322 g/mol. The average molecular weight is 322 g/mol. The molecule has 2 fully saturated rings. The van der Waals surface area contributed by atoms with Crippen LogP contribution in [-0.4, -0.2) is 63.8 Å². The molecule has 3 heterocycles. The van der Waals surface area contributed by atoms with Gasteiger partial charge in [0.15, 0.2) is 6.20 Å². The Labute approximate surface area is 130 Å². The van der Waals surface area contributed by atoms with E-state index in [1.807, 2.05) is 0 Å². The minimum Gasteiger partial charge on any atom is -0.465 e. The molecule has 2 unspecified atom stereocenters. The SMILES string of the molecule is O=C1CC2COCC(CN1c1ccc([N+](=O)[O-])nc1)N2C(=O)O. The molecule has 10 heteroatoms. The van der Waals surface area contributed by atoms with Gasteiger partial charge in [-0.2, -0.15) is 0 Å². The van der Waals surface area contributed by atoms with E-state index in [1.54, 1.807) is 0 Å². The second kappa shape index (κ2) is 5.80. The minimum absolute atomic E-state index is 0.000211. The van der Waals surface area contributed by atoms with Gasteiger partial charge >= 0.3 is 11.9 Å². The van der Waals surface area contributed by atoms with E-state index >= 15 is 0 Å². The number of morpholine rings is 1. The number of ether oxygens (including phenoxy) is 1. The van der Waals surface area contributed by atoms with E-state index in [2.05, 4.69) is 4.98 Å². The number of hydrogen-bond donors (Lipinski definition) is 1. The van der Waals surface area contributed by atoms with E-state index in [0.717, 1.165) is 0 Å². The zero-order chi connectivity index (χ0) is 16.6. The second-order valence-corrected chi connectivity index (χ2v) is 5.38. The highest BCUT2D eigenvalue weighted by Gasteiger charge is 2.42. The number of amides is 2. The molecule has 23 heavy (non-hydrogen) atoms. The minimum atomic E-state index is -1.08. The van der Waals surface area contributed by atoms with Crippen molar-refractivity contribution >= 4 is 23.5 Å². The van der Waals surface area contributed by atoms with Crippen LogP contribution in [0.1, 0.15) is 6.42 Å². The van der Waals surface area contributed by atoms with E-state index in [1.165, 1.54) is 28.1 Å². The van der Waals surface area contributed by atoms with Crippen LogP contribution in [0.15, 0.2) is 18.3 Å². The van der Waals surface area contributed by atoms with Gasteiger partial charge in [0, 0.05) is 19.0 Å². The maximum absolute atomic E-state index is 12.4. The largest absolute Gasteiger partial charge is 0.465 e. The van der Waals surface area contributed by atoms with E-state index in [-0.39, 0.29) is 37.9 Å². The third-order valence-corrected chi connectivity index (χ3v) is 3.96. The standard InChI is InChI=1S/C13H14N4O6/c18-12-3-9-6-23-7-10(16(9)13(19)20)5-15(12)8-1-2-11(14-4-8)17(21)22/h1-2,4,9-10H,3,5-7H2,(H,19,20). The summed E-state index contributed by atoms with van der Waals surface area (Å²) in [7, 11) is 0. The highest BCUT2D eigenvalue weighted by atomic mass is 16.6. The van der Waals surface area contributed by atoms with Crippen LogP contribution in [0.4, 0.5) is 16.3 Å². The molecule has 0 spiro atoms. The van der Waals surface area contributed by atoms with Gasteiger partial charge in [0.1, 0.15) is 0 Å².